The van der Waals surface area contributed by atoms with E-state index >= 15 is 0 Å². The molecule has 0 aromatic heterocycles. The number of hydrogen-bond acceptors (Lipinski definition) is 5. The summed E-state index contributed by atoms with van der Waals surface area (Å²) >= 11 is 0. The van der Waals surface area contributed by atoms with Crippen molar-refractivity contribution in [1.82, 2.24) is 4.90 Å². The fourth-order valence-corrected chi connectivity index (χ4v) is 4.31. The van der Waals surface area contributed by atoms with Crippen molar-refractivity contribution in [2.24, 2.45) is 0 Å². The van der Waals surface area contributed by atoms with Crippen LogP contribution in [0.4, 0.5) is 18.9 Å². The van der Waals surface area contributed by atoms with Crippen molar-refractivity contribution in [3.63, 3.8) is 0 Å². The molecule has 0 atom stereocenters. The molecule has 0 radical (unpaired) electrons. The van der Waals surface area contributed by atoms with Gasteiger partial charge in [0, 0.05) is 44.5 Å². The maximum atomic E-state index is 13.0. The molecule has 2 aromatic rings. The molecule has 8 heteroatoms. The zero-order valence-corrected chi connectivity index (χ0v) is 19.0. The number of hydrogen-bond donors (Lipinski definition) is 0. The Morgan fingerprint density at radius 3 is 2.55 bits per heavy atom. The number of piperazine rings is 1. The summed E-state index contributed by atoms with van der Waals surface area (Å²) in [4.78, 5) is 16.5. The minimum absolute atomic E-state index is 0.0806. The molecule has 0 aliphatic carbocycles. The Hall–Kier alpha value is -2.74. The van der Waals surface area contributed by atoms with Gasteiger partial charge in [-0.2, -0.15) is 13.2 Å². The second-order valence-electron chi connectivity index (χ2n) is 9.20. The van der Waals surface area contributed by atoms with Crippen LogP contribution in [0.3, 0.4) is 0 Å². The van der Waals surface area contributed by atoms with Gasteiger partial charge in [-0.3, -0.25) is 9.69 Å². The number of benzene rings is 2. The summed E-state index contributed by atoms with van der Waals surface area (Å²) in [7, 11) is 0. The standard InChI is InChI=1S/C25H29F3N2O3/c1-24(2)17-22(31)21-8-7-20(16-23(21)33-24)32-14-4-9-29-10-12-30(13-11-29)19-6-3-5-18(15-19)25(26,27)28/h3,5-8,15-16H,4,9-14,17H2,1-2H3. The number of ketones is 1. The Morgan fingerprint density at radius 1 is 1.06 bits per heavy atom. The van der Waals surface area contributed by atoms with Gasteiger partial charge in [0.05, 0.1) is 24.2 Å². The molecule has 0 bridgehead atoms. The van der Waals surface area contributed by atoms with Gasteiger partial charge in [-0.1, -0.05) is 6.07 Å². The third kappa shape index (κ3) is 5.79. The highest BCUT2D eigenvalue weighted by molar-refractivity contribution is 6.00. The molecule has 0 N–H and O–H groups in total. The first kappa shape index (κ1) is 23.4. The van der Waals surface area contributed by atoms with E-state index in [0.717, 1.165) is 32.1 Å². The fraction of sp³-hybridized carbons (Fsp3) is 0.480. The largest absolute Gasteiger partial charge is 0.493 e. The lowest BCUT2D eigenvalue weighted by Crippen LogP contribution is -2.46. The van der Waals surface area contributed by atoms with Gasteiger partial charge in [-0.15, -0.1) is 0 Å². The maximum Gasteiger partial charge on any atom is 0.416 e. The van der Waals surface area contributed by atoms with Gasteiger partial charge in [0.2, 0.25) is 0 Å². The molecule has 0 amide bonds. The average Bonchev–Trinajstić information content (AvgIpc) is 2.75. The third-order valence-corrected chi connectivity index (χ3v) is 6.02. The van der Waals surface area contributed by atoms with E-state index in [9.17, 15) is 18.0 Å². The monoisotopic (exact) mass is 462 g/mol. The highest BCUT2D eigenvalue weighted by Gasteiger charge is 2.33. The predicted octanol–water partition coefficient (Wildman–Crippen LogP) is 5.04. The Labute approximate surface area is 192 Å². The summed E-state index contributed by atoms with van der Waals surface area (Å²) < 4.78 is 50.7. The molecular formula is C25H29F3N2O3. The van der Waals surface area contributed by atoms with Crippen molar-refractivity contribution in [3.05, 3.63) is 53.6 Å². The second kappa shape index (κ2) is 9.25. The van der Waals surface area contributed by atoms with E-state index in [-0.39, 0.29) is 5.78 Å². The Bertz CT molecular complexity index is 999. The maximum absolute atomic E-state index is 13.0. The predicted molar refractivity (Wildman–Crippen MR) is 120 cm³/mol. The normalized spacial score (nSPS) is 18.6. The van der Waals surface area contributed by atoms with Crippen LogP contribution in [-0.4, -0.2) is 55.6 Å². The molecule has 1 fully saturated rings. The van der Waals surface area contributed by atoms with E-state index in [4.69, 9.17) is 9.47 Å². The summed E-state index contributed by atoms with van der Waals surface area (Å²) in [6.07, 6.45) is -3.14. The van der Waals surface area contributed by atoms with Crippen LogP contribution in [0.15, 0.2) is 42.5 Å². The number of fused-ring (bicyclic) bond motifs is 1. The first-order valence-corrected chi connectivity index (χ1v) is 11.2. The average molecular weight is 463 g/mol. The van der Waals surface area contributed by atoms with Crippen molar-refractivity contribution in [3.8, 4) is 11.5 Å². The van der Waals surface area contributed by atoms with E-state index in [1.807, 2.05) is 18.7 Å². The van der Waals surface area contributed by atoms with E-state index in [1.54, 1.807) is 24.3 Å². The van der Waals surface area contributed by atoms with Crippen molar-refractivity contribution in [2.75, 3.05) is 44.2 Å². The molecular weight excluding hydrogens is 433 g/mol. The summed E-state index contributed by atoms with van der Waals surface area (Å²) in [5.41, 5.74) is 0.0864. The number of anilines is 1. The number of halogens is 3. The third-order valence-electron chi connectivity index (χ3n) is 6.02. The first-order valence-electron chi connectivity index (χ1n) is 11.2. The quantitative estimate of drug-likeness (QED) is 0.563. The number of rotatable bonds is 6. The van der Waals surface area contributed by atoms with Crippen molar-refractivity contribution >= 4 is 11.5 Å². The van der Waals surface area contributed by atoms with Gasteiger partial charge in [0.15, 0.2) is 5.78 Å². The van der Waals surface area contributed by atoms with Gasteiger partial charge >= 0.3 is 6.18 Å². The van der Waals surface area contributed by atoms with E-state index < -0.39 is 17.3 Å². The van der Waals surface area contributed by atoms with Crippen LogP contribution in [0.5, 0.6) is 11.5 Å². The lowest BCUT2D eigenvalue weighted by atomic mass is 9.93. The van der Waals surface area contributed by atoms with Crippen LogP contribution < -0.4 is 14.4 Å². The van der Waals surface area contributed by atoms with Crippen molar-refractivity contribution in [2.45, 2.75) is 38.5 Å². The van der Waals surface area contributed by atoms with Crippen LogP contribution in [-0.2, 0) is 6.18 Å². The zero-order valence-electron chi connectivity index (χ0n) is 19.0. The molecule has 0 saturated carbocycles. The number of carbonyl (C=O) groups is 1. The second-order valence-corrected chi connectivity index (χ2v) is 9.20. The Kier molecular flexibility index (Phi) is 6.56. The van der Waals surface area contributed by atoms with Gasteiger partial charge in [-0.25, -0.2) is 0 Å². The van der Waals surface area contributed by atoms with Crippen LogP contribution >= 0.6 is 0 Å². The molecule has 2 aromatic carbocycles. The van der Waals surface area contributed by atoms with Crippen LogP contribution in [0.1, 0.15) is 42.6 Å². The SMILES string of the molecule is CC1(C)CC(=O)c2ccc(OCCCN3CCN(c4cccc(C(F)(F)F)c4)CC3)cc2O1. The summed E-state index contributed by atoms with van der Waals surface area (Å²) in [5.74, 6) is 1.32. The fourth-order valence-electron chi connectivity index (χ4n) is 4.31. The number of ether oxygens (including phenoxy) is 2. The van der Waals surface area contributed by atoms with Crippen molar-refractivity contribution in [1.29, 1.82) is 0 Å². The first-order chi connectivity index (χ1) is 15.6. The minimum atomic E-state index is -4.33. The molecule has 2 heterocycles. The number of Topliss-reactive ketones (excluding diaryl/α,β-unsaturated/α-hetero) is 1. The topological polar surface area (TPSA) is 42.0 Å². The van der Waals surface area contributed by atoms with Gasteiger partial charge in [0.25, 0.3) is 0 Å². The molecule has 1 saturated heterocycles. The number of alkyl halides is 3. The van der Waals surface area contributed by atoms with Crippen LogP contribution in [0.25, 0.3) is 0 Å². The highest BCUT2D eigenvalue weighted by atomic mass is 19.4. The molecule has 5 nitrogen and oxygen atoms in total. The van der Waals surface area contributed by atoms with E-state index in [1.165, 1.54) is 12.1 Å². The molecule has 0 unspecified atom stereocenters. The molecule has 2 aliphatic rings. The van der Waals surface area contributed by atoms with Gasteiger partial charge in [0.1, 0.15) is 17.1 Å². The van der Waals surface area contributed by atoms with E-state index in [0.29, 0.717) is 48.9 Å². The minimum Gasteiger partial charge on any atom is -0.493 e. The lowest BCUT2D eigenvalue weighted by molar-refractivity contribution is -0.137. The number of nitrogens with zero attached hydrogens (tertiary/aromatic N) is 2. The molecule has 4 rings (SSSR count). The molecule has 0 spiro atoms. The molecule has 2 aliphatic heterocycles. The van der Waals surface area contributed by atoms with Gasteiger partial charge in [-0.05, 0) is 50.6 Å². The summed E-state index contributed by atoms with van der Waals surface area (Å²) in [5, 5.41) is 0. The smallest absolute Gasteiger partial charge is 0.416 e. The Morgan fingerprint density at radius 2 is 1.82 bits per heavy atom. The van der Waals surface area contributed by atoms with Gasteiger partial charge < -0.3 is 14.4 Å². The summed E-state index contributed by atoms with van der Waals surface area (Å²) in [6, 6.07) is 10.9. The van der Waals surface area contributed by atoms with Crippen molar-refractivity contribution < 1.29 is 27.4 Å². The highest BCUT2D eigenvalue weighted by Crippen LogP contribution is 2.35. The van der Waals surface area contributed by atoms with Crippen LogP contribution in [0, 0.1) is 0 Å². The number of carbonyl (C=O) groups excluding carboxylic acids is 1. The van der Waals surface area contributed by atoms with Crippen LogP contribution in [0.2, 0.25) is 0 Å². The van der Waals surface area contributed by atoms with E-state index in [2.05, 4.69) is 4.90 Å². The summed E-state index contributed by atoms with van der Waals surface area (Å²) in [6.45, 7) is 8.14. The Balaban J connectivity index is 1.22. The zero-order chi connectivity index (χ0) is 23.6. The molecule has 178 valence electrons. The lowest BCUT2D eigenvalue weighted by Gasteiger charge is -2.36. The molecule has 33 heavy (non-hydrogen) atoms.